The lowest BCUT2D eigenvalue weighted by molar-refractivity contribution is -0.130. The first-order chi connectivity index (χ1) is 7.88. The molecule has 1 saturated heterocycles. The lowest BCUT2D eigenvalue weighted by Gasteiger charge is -2.15. The van der Waals surface area contributed by atoms with Gasteiger partial charge in [0.2, 0.25) is 5.91 Å². The van der Waals surface area contributed by atoms with E-state index in [4.69, 9.17) is 5.11 Å². The number of carbonyl (C=O) groups excluding carboxylic acids is 3. The third-order valence-electron chi connectivity index (χ3n) is 2.44. The predicted molar refractivity (Wildman–Crippen MR) is 59.0 cm³/mol. The monoisotopic (exact) mass is 243 g/mol. The fourth-order valence-corrected chi connectivity index (χ4v) is 1.52. The molecule has 0 unspecified atom stereocenters. The van der Waals surface area contributed by atoms with Crippen LogP contribution in [0.25, 0.3) is 0 Å². The van der Waals surface area contributed by atoms with Crippen molar-refractivity contribution in [3.63, 3.8) is 0 Å². The van der Waals surface area contributed by atoms with Gasteiger partial charge in [-0.1, -0.05) is 0 Å². The minimum atomic E-state index is -0.904. The molecule has 96 valence electrons. The fourth-order valence-electron chi connectivity index (χ4n) is 1.52. The van der Waals surface area contributed by atoms with Crippen molar-refractivity contribution in [2.45, 2.75) is 25.8 Å². The highest BCUT2D eigenvalue weighted by Crippen LogP contribution is 2.16. The molecule has 0 radical (unpaired) electrons. The summed E-state index contributed by atoms with van der Waals surface area (Å²) in [6.07, 6.45) is 0.0369. The Bertz CT molecular complexity index is 340. The molecule has 0 aromatic heterocycles. The van der Waals surface area contributed by atoms with Gasteiger partial charge < -0.3 is 15.7 Å². The van der Waals surface area contributed by atoms with Gasteiger partial charge in [-0.15, -0.1) is 0 Å². The van der Waals surface area contributed by atoms with Crippen molar-refractivity contribution in [3.8, 4) is 0 Å². The summed E-state index contributed by atoms with van der Waals surface area (Å²) >= 11 is 0. The van der Waals surface area contributed by atoms with Gasteiger partial charge in [-0.25, -0.2) is 4.79 Å². The van der Waals surface area contributed by atoms with Gasteiger partial charge in [-0.3, -0.25) is 14.5 Å². The SMILES string of the molecule is CC1(C)NC(=O)N(CCC(=O)NCCO)C1=O. The minimum Gasteiger partial charge on any atom is -0.395 e. The quantitative estimate of drug-likeness (QED) is 0.529. The molecule has 7 heteroatoms. The molecule has 0 bridgehead atoms. The molecular formula is C10H17N3O4. The van der Waals surface area contributed by atoms with Crippen LogP contribution in [0.4, 0.5) is 4.79 Å². The van der Waals surface area contributed by atoms with Gasteiger partial charge in [-0.05, 0) is 13.8 Å². The van der Waals surface area contributed by atoms with Gasteiger partial charge in [0, 0.05) is 19.5 Å². The molecule has 17 heavy (non-hydrogen) atoms. The number of aliphatic hydroxyl groups excluding tert-OH is 1. The Morgan fingerprint density at radius 3 is 2.59 bits per heavy atom. The molecule has 1 heterocycles. The molecule has 1 rings (SSSR count). The number of hydrogen-bond acceptors (Lipinski definition) is 4. The minimum absolute atomic E-state index is 0.0369. The molecule has 4 amide bonds. The molecule has 0 aliphatic carbocycles. The Morgan fingerprint density at radius 2 is 2.12 bits per heavy atom. The summed E-state index contributed by atoms with van der Waals surface area (Å²) < 4.78 is 0. The summed E-state index contributed by atoms with van der Waals surface area (Å²) in [4.78, 5) is 35.5. The van der Waals surface area contributed by atoms with E-state index >= 15 is 0 Å². The summed E-state index contributed by atoms with van der Waals surface area (Å²) in [7, 11) is 0. The first-order valence-corrected chi connectivity index (χ1v) is 5.40. The van der Waals surface area contributed by atoms with Crippen molar-refractivity contribution < 1.29 is 19.5 Å². The molecule has 0 saturated carbocycles. The third-order valence-corrected chi connectivity index (χ3v) is 2.44. The van der Waals surface area contributed by atoms with Crippen LogP contribution in [0.2, 0.25) is 0 Å². The van der Waals surface area contributed by atoms with E-state index in [0.29, 0.717) is 0 Å². The summed E-state index contributed by atoms with van der Waals surface area (Å²) in [5.74, 6) is -0.637. The van der Waals surface area contributed by atoms with Crippen molar-refractivity contribution in [1.29, 1.82) is 0 Å². The van der Waals surface area contributed by atoms with E-state index in [2.05, 4.69) is 10.6 Å². The molecule has 0 spiro atoms. The van der Waals surface area contributed by atoms with Crippen molar-refractivity contribution in [1.82, 2.24) is 15.5 Å². The Morgan fingerprint density at radius 1 is 1.47 bits per heavy atom. The Hall–Kier alpha value is -1.63. The molecule has 3 N–H and O–H groups in total. The first kappa shape index (κ1) is 13.4. The van der Waals surface area contributed by atoms with Crippen molar-refractivity contribution >= 4 is 17.8 Å². The predicted octanol–water partition coefficient (Wildman–Crippen LogP) is -1.18. The Kier molecular flexibility index (Phi) is 4.06. The number of rotatable bonds is 5. The van der Waals surface area contributed by atoms with Crippen LogP contribution in [0.15, 0.2) is 0 Å². The zero-order valence-corrected chi connectivity index (χ0v) is 9.95. The topological polar surface area (TPSA) is 98.7 Å². The zero-order chi connectivity index (χ0) is 13.1. The average Bonchev–Trinajstić information content (AvgIpc) is 2.43. The second-order valence-electron chi connectivity index (χ2n) is 4.34. The molecule has 1 aliphatic rings. The van der Waals surface area contributed by atoms with Crippen LogP contribution >= 0.6 is 0 Å². The van der Waals surface area contributed by atoms with E-state index in [1.165, 1.54) is 0 Å². The highest BCUT2D eigenvalue weighted by atomic mass is 16.3. The number of nitrogens with one attached hydrogen (secondary N) is 2. The molecular weight excluding hydrogens is 226 g/mol. The molecule has 0 atom stereocenters. The fraction of sp³-hybridized carbons (Fsp3) is 0.700. The van der Waals surface area contributed by atoms with E-state index in [1.54, 1.807) is 13.8 Å². The molecule has 0 aromatic carbocycles. The van der Waals surface area contributed by atoms with Gasteiger partial charge in [-0.2, -0.15) is 0 Å². The number of nitrogens with zero attached hydrogens (tertiary/aromatic N) is 1. The van der Waals surface area contributed by atoms with E-state index in [1.807, 2.05) is 0 Å². The molecule has 1 aliphatic heterocycles. The van der Waals surface area contributed by atoms with E-state index in [-0.39, 0.29) is 37.9 Å². The number of amides is 4. The summed E-state index contributed by atoms with van der Waals surface area (Å²) in [5, 5.41) is 13.5. The van der Waals surface area contributed by atoms with Gasteiger partial charge >= 0.3 is 6.03 Å². The van der Waals surface area contributed by atoms with Crippen LogP contribution in [0.3, 0.4) is 0 Å². The largest absolute Gasteiger partial charge is 0.395 e. The molecule has 1 fully saturated rings. The Labute approximate surface area is 99.2 Å². The average molecular weight is 243 g/mol. The standard InChI is InChI=1S/C10H17N3O4/c1-10(2)8(16)13(9(17)12-10)5-3-7(15)11-4-6-14/h14H,3-6H2,1-2H3,(H,11,15)(H,12,17). The number of urea groups is 1. The molecule has 7 nitrogen and oxygen atoms in total. The van der Waals surface area contributed by atoms with Gasteiger partial charge in [0.05, 0.1) is 6.61 Å². The maximum Gasteiger partial charge on any atom is 0.325 e. The smallest absolute Gasteiger partial charge is 0.325 e. The van der Waals surface area contributed by atoms with Crippen LogP contribution in [-0.4, -0.2) is 53.1 Å². The lowest BCUT2D eigenvalue weighted by Crippen LogP contribution is -2.40. The van der Waals surface area contributed by atoms with E-state index in [9.17, 15) is 14.4 Å². The third kappa shape index (κ3) is 3.16. The number of imide groups is 1. The number of hydrogen-bond donors (Lipinski definition) is 3. The number of aliphatic hydroxyl groups is 1. The van der Waals surface area contributed by atoms with Crippen molar-refractivity contribution in [2.75, 3.05) is 19.7 Å². The number of carbonyl (C=O) groups is 3. The maximum absolute atomic E-state index is 11.7. The van der Waals surface area contributed by atoms with Crippen LogP contribution < -0.4 is 10.6 Å². The molecule has 0 aromatic rings. The summed E-state index contributed by atoms with van der Waals surface area (Å²) in [5.41, 5.74) is -0.904. The van der Waals surface area contributed by atoms with Crippen LogP contribution in [0, 0.1) is 0 Å². The maximum atomic E-state index is 11.7. The van der Waals surface area contributed by atoms with E-state index < -0.39 is 11.6 Å². The van der Waals surface area contributed by atoms with Gasteiger partial charge in [0.15, 0.2) is 0 Å². The van der Waals surface area contributed by atoms with Crippen molar-refractivity contribution in [3.05, 3.63) is 0 Å². The van der Waals surface area contributed by atoms with Crippen LogP contribution in [-0.2, 0) is 9.59 Å². The second kappa shape index (κ2) is 5.13. The first-order valence-electron chi connectivity index (χ1n) is 5.40. The lowest BCUT2D eigenvalue weighted by atomic mass is 10.1. The van der Waals surface area contributed by atoms with Crippen molar-refractivity contribution in [2.24, 2.45) is 0 Å². The van der Waals surface area contributed by atoms with Crippen LogP contribution in [0.1, 0.15) is 20.3 Å². The van der Waals surface area contributed by atoms with Crippen LogP contribution in [0.5, 0.6) is 0 Å². The van der Waals surface area contributed by atoms with E-state index in [0.717, 1.165) is 4.90 Å². The Balaban J connectivity index is 2.45. The summed E-state index contributed by atoms with van der Waals surface area (Å²) in [6, 6.07) is -0.477. The van der Waals surface area contributed by atoms with Gasteiger partial charge in [0.25, 0.3) is 5.91 Å². The second-order valence-corrected chi connectivity index (χ2v) is 4.34. The highest BCUT2D eigenvalue weighted by Gasteiger charge is 2.43. The highest BCUT2D eigenvalue weighted by molar-refractivity contribution is 6.06. The normalized spacial score (nSPS) is 18.2. The zero-order valence-electron chi connectivity index (χ0n) is 9.95. The summed E-state index contributed by atoms with van der Waals surface area (Å²) in [6.45, 7) is 3.30. The van der Waals surface area contributed by atoms with Gasteiger partial charge in [0.1, 0.15) is 5.54 Å².